The number of aliphatic hydroxyl groups is 1. The molecular formula is C50H52FN11O5. The zero-order valence-corrected chi connectivity index (χ0v) is 37.0. The molecule has 10 rings (SSSR count). The van der Waals surface area contributed by atoms with Crippen LogP contribution in [0.25, 0.3) is 27.8 Å². The van der Waals surface area contributed by atoms with Crippen LogP contribution in [0, 0.1) is 17.1 Å². The number of halogens is 1. The number of anilines is 3. The zero-order valence-electron chi connectivity index (χ0n) is 37.0. The number of rotatable bonds is 10. The lowest BCUT2D eigenvalue weighted by atomic mass is 9.87. The molecule has 6 aromatic rings. The lowest BCUT2D eigenvalue weighted by Gasteiger charge is -2.40. The summed E-state index contributed by atoms with van der Waals surface area (Å²) in [5, 5.41) is 45.8. The summed E-state index contributed by atoms with van der Waals surface area (Å²) in [5.74, 6) is 0.323. The van der Waals surface area contributed by atoms with Crippen molar-refractivity contribution in [1.82, 2.24) is 34.6 Å². The maximum atomic E-state index is 15.3. The molecule has 4 aromatic heterocycles. The number of nitriles is 1. The van der Waals surface area contributed by atoms with E-state index in [1.165, 1.54) is 11.6 Å². The fourth-order valence-corrected chi connectivity index (χ4v) is 10.2. The number of imide groups is 1. The Morgan fingerprint density at radius 1 is 0.851 bits per heavy atom. The Morgan fingerprint density at radius 2 is 1.63 bits per heavy atom. The van der Waals surface area contributed by atoms with Crippen LogP contribution in [0.1, 0.15) is 80.9 Å². The minimum Gasteiger partial charge on any atom is -0.508 e. The molecule has 0 radical (unpaired) electrons. The van der Waals surface area contributed by atoms with Crippen LogP contribution in [0.2, 0.25) is 0 Å². The molecule has 2 aromatic carbocycles. The summed E-state index contributed by atoms with van der Waals surface area (Å²) in [5.41, 5.74) is 5.54. The monoisotopic (exact) mass is 905 g/mol. The van der Waals surface area contributed by atoms with Crippen molar-refractivity contribution in [2.45, 2.75) is 81.4 Å². The molecule has 4 aliphatic rings. The van der Waals surface area contributed by atoms with E-state index in [2.05, 4.69) is 38.8 Å². The van der Waals surface area contributed by atoms with Gasteiger partial charge in [-0.25, -0.2) is 13.9 Å². The molecule has 0 bridgehead atoms. The Morgan fingerprint density at radius 3 is 2.33 bits per heavy atom. The Hall–Kier alpha value is -7.32. The third-order valence-corrected chi connectivity index (χ3v) is 14.1. The Bertz CT molecular complexity index is 2850. The first-order valence-corrected chi connectivity index (χ1v) is 23.1. The second kappa shape index (κ2) is 18.2. The van der Waals surface area contributed by atoms with Gasteiger partial charge in [0, 0.05) is 92.2 Å². The third kappa shape index (κ3) is 9.13. The second-order valence-corrected chi connectivity index (χ2v) is 18.4. The number of piperidine rings is 4. The highest BCUT2D eigenvalue weighted by Crippen LogP contribution is 2.37. The predicted molar refractivity (Wildman–Crippen MR) is 249 cm³/mol. The number of hydrogen-bond acceptors (Lipinski definition) is 12. The van der Waals surface area contributed by atoms with Gasteiger partial charge in [0.15, 0.2) is 0 Å². The Balaban J connectivity index is 0.741. The standard InChI is InChI=1S/C50H52FN11O5/c51-42-24-38(56-43-7-10-46(64)57-49(43)66)4-8-44(42)58-21-15-50(67,16-22-58)25-47(65)60-19-13-39(14-20-60)61-31-37(29-54-61)35-23-41(48-36(26-52)28-55-62(48)30-35)34-3-9-45(53-27-34)59-17-11-33(12-18-59)32-1-5-40(63)6-2-32/h1-6,8-9,23-24,27-31,33,39,43,56,63,67H,7,10-22,25H2,(H,57,64,66). The average molecular weight is 906 g/mol. The number of carbonyl (C=O) groups excluding carboxylic acids is 3. The number of benzene rings is 2. The van der Waals surface area contributed by atoms with Crippen molar-refractivity contribution in [2.75, 3.05) is 54.4 Å². The van der Waals surface area contributed by atoms with E-state index in [1.807, 2.05) is 57.5 Å². The van der Waals surface area contributed by atoms with E-state index in [4.69, 9.17) is 10.1 Å². The smallest absolute Gasteiger partial charge is 0.249 e. The topological polar surface area (TPSA) is 197 Å². The summed E-state index contributed by atoms with van der Waals surface area (Å²) in [6, 6.07) is 20.1. The van der Waals surface area contributed by atoms with Gasteiger partial charge >= 0.3 is 0 Å². The van der Waals surface area contributed by atoms with E-state index in [0.29, 0.717) is 86.7 Å². The average Bonchev–Trinajstić information content (AvgIpc) is 4.01. The molecule has 1 unspecified atom stereocenters. The first-order chi connectivity index (χ1) is 32.5. The van der Waals surface area contributed by atoms with E-state index in [9.17, 15) is 29.9 Å². The number of phenolic OH excluding ortho intramolecular Hbond substituents is 1. The van der Waals surface area contributed by atoms with Crippen molar-refractivity contribution in [3.05, 3.63) is 109 Å². The number of carbonyl (C=O) groups is 3. The van der Waals surface area contributed by atoms with E-state index in [1.54, 1.807) is 35.0 Å². The summed E-state index contributed by atoms with van der Waals surface area (Å²) < 4.78 is 19.0. The van der Waals surface area contributed by atoms with Crippen molar-refractivity contribution in [2.24, 2.45) is 0 Å². The molecule has 1 atom stereocenters. The normalized spacial score (nSPS) is 19.4. The maximum absolute atomic E-state index is 15.3. The Labute approximate surface area is 386 Å². The number of phenols is 1. The molecule has 67 heavy (non-hydrogen) atoms. The molecule has 0 saturated carbocycles. The van der Waals surface area contributed by atoms with E-state index >= 15 is 4.39 Å². The Kier molecular flexibility index (Phi) is 11.8. The van der Waals surface area contributed by atoms with Crippen LogP contribution in [-0.4, -0.2) is 108 Å². The number of nitrogens with one attached hydrogen (secondary N) is 2. The van der Waals surface area contributed by atoms with Crippen LogP contribution in [0.5, 0.6) is 5.75 Å². The molecule has 344 valence electrons. The fourth-order valence-electron chi connectivity index (χ4n) is 10.2. The molecule has 0 aliphatic carbocycles. The van der Waals surface area contributed by atoms with Crippen LogP contribution in [0.15, 0.2) is 91.6 Å². The van der Waals surface area contributed by atoms with Crippen LogP contribution < -0.4 is 20.4 Å². The van der Waals surface area contributed by atoms with Crippen molar-refractivity contribution < 1.29 is 29.0 Å². The molecule has 17 heteroatoms. The summed E-state index contributed by atoms with van der Waals surface area (Å²) in [4.78, 5) is 48.1. The first kappa shape index (κ1) is 43.6. The third-order valence-electron chi connectivity index (χ3n) is 14.1. The van der Waals surface area contributed by atoms with Gasteiger partial charge in [0.2, 0.25) is 17.7 Å². The van der Waals surface area contributed by atoms with Gasteiger partial charge in [0.1, 0.15) is 29.5 Å². The molecule has 4 fully saturated rings. The van der Waals surface area contributed by atoms with Crippen molar-refractivity contribution >= 4 is 40.4 Å². The molecule has 0 spiro atoms. The van der Waals surface area contributed by atoms with E-state index in [0.717, 1.165) is 54.0 Å². The summed E-state index contributed by atoms with van der Waals surface area (Å²) in [7, 11) is 0. The fraction of sp³-hybridized carbons (Fsp3) is 0.380. The van der Waals surface area contributed by atoms with Crippen LogP contribution in [0.3, 0.4) is 0 Å². The highest BCUT2D eigenvalue weighted by Gasteiger charge is 2.37. The molecular weight excluding hydrogens is 854 g/mol. The molecule has 16 nitrogen and oxygen atoms in total. The highest BCUT2D eigenvalue weighted by atomic mass is 19.1. The lowest BCUT2D eigenvalue weighted by Crippen LogP contribution is -2.49. The number of aromatic hydroxyl groups is 1. The van der Waals surface area contributed by atoms with Crippen molar-refractivity contribution in [1.29, 1.82) is 5.26 Å². The molecule has 4 N–H and O–H groups in total. The number of hydrogen-bond donors (Lipinski definition) is 4. The molecule has 8 heterocycles. The molecule has 4 saturated heterocycles. The van der Waals surface area contributed by atoms with Gasteiger partial charge in [-0.15, -0.1) is 0 Å². The van der Waals surface area contributed by atoms with Crippen LogP contribution >= 0.6 is 0 Å². The van der Waals surface area contributed by atoms with Gasteiger partial charge in [-0.2, -0.15) is 15.5 Å². The van der Waals surface area contributed by atoms with Gasteiger partial charge in [-0.1, -0.05) is 12.1 Å². The first-order valence-electron chi connectivity index (χ1n) is 23.1. The lowest BCUT2D eigenvalue weighted by molar-refractivity contribution is -0.139. The largest absolute Gasteiger partial charge is 0.508 e. The minimum absolute atomic E-state index is 0.000517. The van der Waals surface area contributed by atoms with E-state index in [-0.39, 0.29) is 36.4 Å². The van der Waals surface area contributed by atoms with Crippen molar-refractivity contribution in [3.63, 3.8) is 0 Å². The predicted octanol–water partition coefficient (Wildman–Crippen LogP) is 6.16. The number of aromatic nitrogens is 5. The number of amides is 3. The summed E-state index contributed by atoms with van der Waals surface area (Å²) in [6.07, 6.45) is 13.8. The summed E-state index contributed by atoms with van der Waals surface area (Å²) in [6.45, 7) is 3.58. The number of likely N-dealkylation sites (tertiary alicyclic amines) is 1. The number of nitrogens with zero attached hydrogens (tertiary/aromatic N) is 9. The number of pyridine rings is 2. The van der Waals surface area contributed by atoms with Crippen LogP contribution in [0.4, 0.5) is 21.6 Å². The number of fused-ring (bicyclic) bond motifs is 1. The van der Waals surface area contributed by atoms with Gasteiger partial charge < -0.3 is 30.2 Å². The van der Waals surface area contributed by atoms with Gasteiger partial charge in [0.25, 0.3) is 0 Å². The highest BCUT2D eigenvalue weighted by molar-refractivity contribution is 6.01. The van der Waals surface area contributed by atoms with Crippen molar-refractivity contribution in [3.8, 4) is 34.1 Å². The second-order valence-electron chi connectivity index (χ2n) is 18.4. The van der Waals surface area contributed by atoms with Gasteiger partial charge in [-0.3, -0.25) is 24.4 Å². The summed E-state index contributed by atoms with van der Waals surface area (Å²) >= 11 is 0. The van der Waals surface area contributed by atoms with Gasteiger partial charge in [0.05, 0.1) is 47.2 Å². The molecule has 3 amide bonds. The minimum atomic E-state index is -1.20. The maximum Gasteiger partial charge on any atom is 0.249 e. The van der Waals surface area contributed by atoms with Gasteiger partial charge in [-0.05, 0) is 105 Å². The van der Waals surface area contributed by atoms with E-state index < -0.39 is 23.4 Å². The zero-order chi connectivity index (χ0) is 46.2. The quantitative estimate of drug-likeness (QED) is 0.115. The molecule has 4 aliphatic heterocycles. The van der Waals surface area contributed by atoms with Crippen LogP contribution in [-0.2, 0) is 14.4 Å². The SMILES string of the molecule is N#Cc1cnn2cc(-c3cnn(C4CCN(C(=O)CC5(O)CCN(c6ccc(NC7CCC(=O)NC7=O)cc6F)CC5)CC4)c3)cc(-c3ccc(N4CCC(c5ccc(O)cc5)CC4)nc3)c12.